The topological polar surface area (TPSA) is 40.5 Å². The van der Waals surface area contributed by atoms with E-state index < -0.39 is 7.69 Å². The van der Waals surface area contributed by atoms with Gasteiger partial charge in [-0.1, -0.05) is 6.07 Å². The first kappa shape index (κ1) is 8.30. The van der Waals surface area contributed by atoms with E-state index in [1.165, 1.54) is 22.3 Å². The molecule has 0 radical (unpaired) electrons. The zero-order valence-electron chi connectivity index (χ0n) is 6.76. The van der Waals surface area contributed by atoms with E-state index in [1.54, 1.807) is 0 Å². The number of hydrogen-bond acceptors (Lipinski definition) is 2. The van der Waals surface area contributed by atoms with Crippen LogP contribution in [0.2, 0.25) is 0 Å². The Morgan fingerprint density at radius 3 is 1.91 bits per heavy atom. The van der Waals surface area contributed by atoms with Gasteiger partial charge in [0.15, 0.2) is 0 Å². The third-order valence-corrected chi connectivity index (χ3v) is 1.90. The van der Waals surface area contributed by atoms with E-state index in [-0.39, 0.29) is 0 Å². The predicted molar refractivity (Wildman–Crippen MR) is 46.5 cm³/mol. The molecule has 0 heterocycles. The van der Waals surface area contributed by atoms with Gasteiger partial charge in [0.1, 0.15) is 0 Å². The molecule has 0 spiro atoms. The Bertz CT molecular complexity index is 271. The molecule has 0 aromatic rings. The van der Waals surface area contributed by atoms with Crippen LogP contribution in [-0.2, 0) is 0 Å². The molecule has 0 saturated carbocycles. The van der Waals surface area contributed by atoms with Crippen LogP contribution in [0.4, 0.5) is 0 Å². The molecule has 0 unspecified atom stereocenters. The number of aryl methyl sites for hydroxylation is 1. The number of fused-ring (bicyclic) bond motifs is 1. The van der Waals surface area contributed by atoms with Gasteiger partial charge in [-0.2, -0.15) is 0 Å². The lowest BCUT2D eigenvalue weighted by molar-refractivity contribution is 0.448. The second-order valence-corrected chi connectivity index (χ2v) is 2.61. The van der Waals surface area contributed by atoms with Crippen LogP contribution in [0.3, 0.4) is 0 Å². The smallest absolute Gasteiger partial charge is 0.430 e. The first-order chi connectivity index (χ1) is 5.20. The molecule has 11 heavy (non-hydrogen) atoms. The summed E-state index contributed by atoms with van der Waals surface area (Å²) in [6.07, 6.45) is 0. The van der Waals surface area contributed by atoms with E-state index in [9.17, 15) is 0 Å². The van der Waals surface area contributed by atoms with Crippen molar-refractivity contribution >= 4 is 7.69 Å². The molecule has 2 aliphatic carbocycles. The summed E-state index contributed by atoms with van der Waals surface area (Å²) < 4.78 is 0. The SMILES string of the molecule is Cc1cc2cc-2c1C.OBO. The van der Waals surface area contributed by atoms with Crippen LogP contribution in [0, 0.1) is 13.8 Å². The minimum Gasteiger partial charge on any atom is -0.430 e. The molecule has 0 fully saturated rings. The standard InChI is InChI=1S/C8H8.BH3O2/c1-5-3-7-4-8(7)6(5)2;2-1-3/h3-4H,1-2H3;1-3H. The van der Waals surface area contributed by atoms with Crippen molar-refractivity contribution in [3.05, 3.63) is 23.3 Å². The Morgan fingerprint density at radius 1 is 1.18 bits per heavy atom. The van der Waals surface area contributed by atoms with Gasteiger partial charge in [0.05, 0.1) is 0 Å². The Kier molecular flexibility index (Phi) is 2.32. The molecular formula is C8H11BO2. The van der Waals surface area contributed by atoms with Crippen molar-refractivity contribution in [2.75, 3.05) is 0 Å². The van der Waals surface area contributed by atoms with Gasteiger partial charge >= 0.3 is 7.69 Å². The van der Waals surface area contributed by atoms with Crippen LogP contribution in [0.1, 0.15) is 11.1 Å². The quantitative estimate of drug-likeness (QED) is 0.537. The van der Waals surface area contributed by atoms with Gasteiger partial charge in [0, 0.05) is 0 Å². The Hall–Kier alpha value is -0.795. The van der Waals surface area contributed by atoms with E-state index >= 15 is 0 Å². The van der Waals surface area contributed by atoms with Crippen molar-refractivity contribution in [1.82, 2.24) is 0 Å². The van der Waals surface area contributed by atoms with Crippen LogP contribution in [-0.4, -0.2) is 17.7 Å². The van der Waals surface area contributed by atoms with Crippen molar-refractivity contribution in [2.24, 2.45) is 0 Å². The first-order valence-electron chi connectivity index (χ1n) is 3.54. The van der Waals surface area contributed by atoms with Crippen molar-refractivity contribution in [1.29, 1.82) is 0 Å². The first-order valence-corrected chi connectivity index (χ1v) is 3.54. The van der Waals surface area contributed by atoms with E-state index in [0.717, 1.165) is 0 Å². The molecule has 2 rings (SSSR count). The minimum absolute atomic E-state index is 0.750. The third-order valence-electron chi connectivity index (χ3n) is 1.90. The lowest BCUT2D eigenvalue weighted by Gasteiger charge is -1.83. The summed E-state index contributed by atoms with van der Waals surface area (Å²) in [7, 11) is -0.750. The summed E-state index contributed by atoms with van der Waals surface area (Å²) in [6.45, 7) is 4.34. The average Bonchev–Trinajstić information content (AvgIpc) is 2.62. The molecule has 3 heteroatoms. The molecule has 0 amide bonds. The highest BCUT2D eigenvalue weighted by Crippen LogP contribution is 2.40. The highest BCUT2D eigenvalue weighted by Gasteiger charge is 2.16. The summed E-state index contributed by atoms with van der Waals surface area (Å²) in [5, 5.41) is 14.2. The maximum atomic E-state index is 7.12. The normalized spacial score (nSPS) is 9.82. The monoisotopic (exact) mass is 150 g/mol. The van der Waals surface area contributed by atoms with Crippen molar-refractivity contribution in [2.45, 2.75) is 13.8 Å². The van der Waals surface area contributed by atoms with E-state index in [2.05, 4.69) is 26.0 Å². The summed E-state index contributed by atoms with van der Waals surface area (Å²) in [5.41, 5.74) is 5.86. The highest BCUT2D eigenvalue weighted by atomic mass is 16.4. The zero-order chi connectivity index (χ0) is 8.43. The molecule has 0 bridgehead atoms. The zero-order valence-corrected chi connectivity index (χ0v) is 6.76. The van der Waals surface area contributed by atoms with E-state index in [0.29, 0.717) is 0 Å². The van der Waals surface area contributed by atoms with Crippen LogP contribution in [0.5, 0.6) is 0 Å². The maximum absolute atomic E-state index is 7.12. The Morgan fingerprint density at radius 2 is 1.73 bits per heavy atom. The van der Waals surface area contributed by atoms with Crippen molar-refractivity contribution < 1.29 is 10.0 Å². The average molecular weight is 150 g/mol. The van der Waals surface area contributed by atoms with Gasteiger partial charge in [-0.15, -0.1) is 0 Å². The van der Waals surface area contributed by atoms with Crippen LogP contribution >= 0.6 is 0 Å². The van der Waals surface area contributed by atoms with E-state index in [1.807, 2.05) is 0 Å². The molecule has 2 N–H and O–H groups in total. The Labute approximate surface area is 66.8 Å². The number of rotatable bonds is 0. The molecule has 2 nitrogen and oxygen atoms in total. The van der Waals surface area contributed by atoms with Crippen LogP contribution in [0.25, 0.3) is 11.1 Å². The van der Waals surface area contributed by atoms with Crippen LogP contribution in [0.15, 0.2) is 12.1 Å². The molecule has 0 aliphatic heterocycles. The van der Waals surface area contributed by atoms with Crippen molar-refractivity contribution in [3.63, 3.8) is 0 Å². The van der Waals surface area contributed by atoms with Gasteiger partial charge in [-0.05, 0) is 42.2 Å². The fraction of sp³-hybridized carbons (Fsp3) is 0.250. The van der Waals surface area contributed by atoms with Gasteiger partial charge in [-0.25, -0.2) is 0 Å². The van der Waals surface area contributed by atoms with Crippen LogP contribution < -0.4 is 0 Å². The molecule has 0 aromatic carbocycles. The summed E-state index contributed by atoms with van der Waals surface area (Å²) in [4.78, 5) is 0. The minimum atomic E-state index is -0.750. The number of benzene rings is 1. The van der Waals surface area contributed by atoms with Gasteiger partial charge in [0.25, 0.3) is 0 Å². The second kappa shape index (κ2) is 3.07. The third kappa shape index (κ3) is 1.61. The predicted octanol–water partition coefficient (Wildman–Crippen LogP) is 0.521. The second-order valence-electron chi connectivity index (χ2n) is 2.61. The lowest BCUT2D eigenvalue weighted by atomic mass is 10.2. The molecule has 2 aliphatic rings. The summed E-state index contributed by atoms with van der Waals surface area (Å²) in [6, 6.07) is 4.47. The highest BCUT2D eigenvalue weighted by molar-refractivity contribution is 6.13. The lowest BCUT2D eigenvalue weighted by Crippen LogP contribution is -1.75. The van der Waals surface area contributed by atoms with Crippen molar-refractivity contribution in [3.8, 4) is 11.1 Å². The molecule has 0 saturated heterocycles. The van der Waals surface area contributed by atoms with Gasteiger partial charge in [-0.3, -0.25) is 0 Å². The summed E-state index contributed by atoms with van der Waals surface area (Å²) in [5.74, 6) is 0. The molecule has 58 valence electrons. The Balaban J connectivity index is 0.000000179. The largest absolute Gasteiger partial charge is 0.432 e. The molecule has 0 atom stereocenters. The fourth-order valence-corrected chi connectivity index (χ4v) is 1.12. The van der Waals surface area contributed by atoms with E-state index in [4.69, 9.17) is 10.0 Å². The number of hydrogen-bond donors (Lipinski definition) is 2. The maximum Gasteiger partial charge on any atom is 0.432 e. The fourth-order valence-electron chi connectivity index (χ4n) is 1.12. The molecular weight excluding hydrogens is 139 g/mol. The van der Waals surface area contributed by atoms with Gasteiger partial charge < -0.3 is 10.0 Å². The van der Waals surface area contributed by atoms with Gasteiger partial charge in [0.2, 0.25) is 0 Å². The summed E-state index contributed by atoms with van der Waals surface area (Å²) >= 11 is 0. The molecule has 0 aromatic heterocycles.